The molecule has 2 saturated heterocycles. The Balaban J connectivity index is 1.23. The molecule has 0 unspecified atom stereocenters. The van der Waals surface area contributed by atoms with Gasteiger partial charge in [-0.1, -0.05) is 19.1 Å². The minimum atomic E-state index is -0.142. The zero-order chi connectivity index (χ0) is 20.8. The summed E-state index contributed by atoms with van der Waals surface area (Å²) < 4.78 is 6.20. The Hall–Kier alpha value is -1.79. The van der Waals surface area contributed by atoms with E-state index in [-0.39, 0.29) is 12.5 Å². The Labute approximate surface area is 188 Å². The molecule has 0 atom stereocenters. The van der Waals surface area contributed by atoms with E-state index in [9.17, 15) is 4.79 Å². The lowest BCUT2D eigenvalue weighted by atomic mass is 9.99. The van der Waals surface area contributed by atoms with Gasteiger partial charge in [-0.25, -0.2) is 0 Å². The zero-order valence-electron chi connectivity index (χ0n) is 17.5. The third-order valence-corrected chi connectivity index (χ3v) is 8.66. The van der Waals surface area contributed by atoms with Crippen LogP contribution in [0.15, 0.2) is 48.5 Å². The molecular formula is C24H30N2O2S2. The number of ether oxygens (including phenoxy) is 1. The van der Waals surface area contributed by atoms with Crippen LogP contribution in [-0.2, 0) is 4.79 Å². The molecule has 6 heteroatoms. The number of amides is 1. The summed E-state index contributed by atoms with van der Waals surface area (Å²) in [5.41, 5.74) is 3.36. The highest BCUT2D eigenvalue weighted by atomic mass is 32.2. The summed E-state index contributed by atoms with van der Waals surface area (Å²) in [6.07, 6.45) is 3.78. The van der Waals surface area contributed by atoms with E-state index >= 15 is 0 Å². The summed E-state index contributed by atoms with van der Waals surface area (Å²) in [6.45, 7) is 4.55. The largest absolute Gasteiger partial charge is 0.484 e. The molecule has 0 bridgehead atoms. The van der Waals surface area contributed by atoms with Gasteiger partial charge < -0.3 is 15.0 Å². The molecule has 0 aliphatic carbocycles. The number of thioether (sulfide) groups is 2. The lowest BCUT2D eigenvalue weighted by Gasteiger charge is -2.32. The predicted octanol–water partition coefficient (Wildman–Crippen LogP) is 5.81. The van der Waals surface area contributed by atoms with Gasteiger partial charge >= 0.3 is 0 Å². The second-order valence-electron chi connectivity index (χ2n) is 8.05. The second kappa shape index (κ2) is 10.5. The number of rotatable bonds is 6. The molecule has 4 rings (SSSR count). The Morgan fingerprint density at radius 1 is 1.03 bits per heavy atom. The maximum absolute atomic E-state index is 12.3. The van der Waals surface area contributed by atoms with E-state index in [1.807, 2.05) is 47.8 Å². The minimum Gasteiger partial charge on any atom is -0.484 e. The van der Waals surface area contributed by atoms with Crippen molar-refractivity contribution >= 4 is 40.8 Å². The molecule has 1 N–H and O–H groups in total. The molecule has 0 radical (unpaired) electrons. The van der Waals surface area contributed by atoms with Gasteiger partial charge in [-0.3, -0.25) is 4.79 Å². The number of hydrogen-bond acceptors (Lipinski definition) is 5. The average molecular weight is 443 g/mol. The van der Waals surface area contributed by atoms with Crippen LogP contribution in [0.4, 0.5) is 11.4 Å². The van der Waals surface area contributed by atoms with Crippen molar-refractivity contribution < 1.29 is 9.53 Å². The standard InChI is InChI=1S/C24H30N2O2S2/c1-18-11-13-26(14-12-18)21-7-5-20(6-8-21)25-23(27)17-28-22-9-3-19(4-10-22)24-29-15-2-16-30-24/h3-10,18,24H,2,11-17H2,1H3,(H,25,27). The van der Waals surface area contributed by atoms with E-state index in [0.717, 1.165) is 30.4 Å². The number of carbonyl (C=O) groups is 1. The summed E-state index contributed by atoms with van der Waals surface area (Å²) >= 11 is 4.01. The highest BCUT2D eigenvalue weighted by Gasteiger charge is 2.17. The maximum atomic E-state index is 12.3. The van der Waals surface area contributed by atoms with Crippen molar-refractivity contribution in [1.82, 2.24) is 0 Å². The maximum Gasteiger partial charge on any atom is 0.262 e. The SMILES string of the molecule is CC1CCN(c2ccc(NC(=O)COc3ccc(C4SCCCS4)cc3)cc2)CC1. The quantitative estimate of drug-likeness (QED) is 0.611. The summed E-state index contributed by atoms with van der Waals surface area (Å²) in [5.74, 6) is 3.87. The number of piperidine rings is 1. The average Bonchev–Trinajstić information content (AvgIpc) is 2.80. The lowest BCUT2D eigenvalue weighted by Crippen LogP contribution is -2.32. The molecule has 1 amide bonds. The van der Waals surface area contributed by atoms with Gasteiger partial charge in [-0.05, 0) is 78.6 Å². The van der Waals surface area contributed by atoms with Crippen molar-refractivity contribution in [2.45, 2.75) is 30.8 Å². The molecule has 160 valence electrons. The number of hydrogen-bond donors (Lipinski definition) is 1. The summed E-state index contributed by atoms with van der Waals surface area (Å²) in [4.78, 5) is 14.7. The monoisotopic (exact) mass is 442 g/mol. The number of carbonyl (C=O) groups excluding carboxylic acids is 1. The third-order valence-electron chi connectivity index (χ3n) is 5.65. The summed E-state index contributed by atoms with van der Waals surface area (Å²) in [5, 5.41) is 2.92. The fourth-order valence-corrected chi connectivity index (χ4v) is 6.66. The number of nitrogens with one attached hydrogen (secondary N) is 1. The highest BCUT2D eigenvalue weighted by Crippen LogP contribution is 2.43. The fraction of sp³-hybridized carbons (Fsp3) is 0.458. The van der Waals surface area contributed by atoms with E-state index in [4.69, 9.17) is 4.74 Å². The molecule has 0 spiro atoms. The molecule has 2 aromatic carbocycles. The van der Waals surface area contributed by atoms with Crippen LogP contribution in [-0.4, -0.2) is 37.1 Å². The molecule has 30 heavy (non-hydrogen) atoms. The molecular weight excluding hydrogens is 412 g/mol. The second-order valence-corrected chi connectivity index (χ2v) is 10.8. The Bertz CT molecular complexity index is 812. The molecule has 2 fully saturated rings. The van der Waals surface area contributed by atoms with Crippen molar-refractivity contribution in [2.75, 3.05) is 41.4 Å². The van der Waals surface area contributed by atoms with Crippen molar-refractivity contribution in [3.05, 3.63) is 54.1 Å². The van der Waals surface area contributed by atoms with Gasteiger partial charge in [0.25, 0.3) is 5.91 Å². The smallest absolute Gasteiger partial charge is 0.262 e. The fourth-order valence-electron chi connectivity index (χ4n) is 3.77. The molecule has 2 aliphatic rings. The van der Waals surface area contributed by atoms with Crippen molar-refractivity contribution in [2.24, 2.45) is 5.92 Å². The predicted molar refractivity (Wildman–Crippen MR) is 130 cm³/mol. The van der Waals surface area contributed by atoms with Gasteiger partial charge in [0.05, 0.1) is 4.58 Å². The lowest BCUT2D eigenvalue weighted by molar-refractivity contribution is -0.118. The van der Waals surface area contributed by atoms with Crippen LogP contribution in [0, 0.1) is 5.92 Å². The molecule has 2 aromatic rings. The normalized spacial score (nSPS) is 18.2. The van der Waals surface area contributed by atoms with Gasteiger partial charge in [0, 0.05) is 24.5 Å². The summed E-state index contributed by atoms with van der Waals surface area (Å²) in [6, 6.07) is 16.3. The highest BCUT2D eigenvalue weighted by molar-refractivity contribution is 8.16. The first-order chi connectivity index (χ1) is 14.7. The Kier molecular flexibility index (Phi) is 7.50. The van der Waals surface area contributed by atoms with Crippen LogP contribution < -0.4 is 15.0 Å². The van der Waals surface area contributed by atoms with Crippen molar-refractivity contribution in [3.8, 4) is 5.75 Å². The number of anilines is 2. The van der Waals surface area contributed by atoms with Crippen LogP contribution >= 0.6 is 23.5 Å². The van der Waals surface area contributed by atoms with Gasteiger partial charge in [0.15, 0.2) is 6.61 Å². The molecule has 0 aromatic heterocycles. The van der Waals surface area contributed by atoms with Crippen LogP contribution in [0.5, 0.6) is 5.75 Å². The van der Waals surface area contributed by atoms with Crippen molar-refractivity contribution in [3.63, 3.8) is 0 Å². The molecule has 2 aliphatic heterocycles. The van der Waals surface area contributed by atoms with E-state index in [1.54, 1.807) is 0 Å². The first-order valence-electron chi connectivity index (χ1n) is 10.8. The van der Waals surface area contributed by atoms with E-state index in [2.05, 4.69) is 41.4 Å². The van der Waals surface area contributed by atoms with Gasteiger partial charge in [-0.15, -0.1) is 23.5 Å². The summed E-state index contributed by atoms with van der Waals surface area (Å²) in [7, 11) is 0. The first kappa shape index (κ1) is 21.4. The van der Waals surface area contributed by atoms with E-state index in [0.29, 0.717) is 4.58 Å². The van der Waals surface area contributed by atoms with E-state index < -0.39 is 0 Å². The van der Waals surface area contributed by atoms with Gasteiger partial charge in [0.1, 0.15) is 5.75 Å². The van der Waals surface area contributed by atoms with Crippen LogP contribution in [0.3, 0.4) is 0 Å². The van der Waals surface area contributed by atoms with Crippen LogP contribution in [0.2, 0.25) is 0 Å². The van der Waals surface area contributed by atoms with Gasteiger partial charge in [0.2, 0.25) is 0 Å². The third kappa shape index (κ3) is 5.88. The topological polar surface area (TPSA) is 41.6 Å². The van der Waals surface area contributed by atoms with E-state index in [1.165, 1.54) is 42.0 Å². The minimum absolute atomic E-state index is 0.0119. The van der Waals surface area contributed by atoms with Crippen molar-refractivity contribution in [1.29, 1.82) is 0 Å². The van der Waals surface area contributed by atoms with Crippen LogP contribution in [0.1, 0.15) is 36.3 Å². The Morgan fingerprint density at radius 3 is 2.37 bits per heavy atom. The molecule has 2 heterocycles. The first-order valence-corrected chi connectivity index (χ1v) is 12.9. The van der Waals surface area contributed by atoms with Gasteiger partial charge in [-0.2, -0.15) is 0 Å². The molecule has 0 saturated carbocycles. The zero-order valence-corrected chi connectivity index (χ0v) is 19.1. The van der Waals surface area contributed by atoms with Crippen LogP contribution in [0.25, 0.3) is 0 Å². The Morgan fingerprint density at radius 2 is 1.70 bits per heavy atom. The molecule has 4 nitrogen and oxygen atoms in total. The number of nitrogens with zero attached hydrogens (tertiary/aromatic N) is 1. The number of benzene rings is 2.